The summed E-state index contributed by atoms with van der Waals surface area (Å²) in [7, 11) is 0. The average molecular weight is 446 g/mol. The standard InChI is InChI=1S/C21H34O10/c1-21(2)10-4-3-9(11(21)5-10)6-28-20-18(27)16(25)15(24)13(31-20)8-30-19-17(26)14(23)12(22)7-29-19/h6,10-20,22-27H,3-5,7-8H2,1-2H3/t10-,11-,12+,13-,14+,15-,16+,17-,18-,19+,20-/m1/s1. The van der Waals surface area contributed by atoms with Crippen LogP contribution in [0.5, 0.6) is 0 Å². The Labute approximate surface area is 181 Å². The second-order valence-corrected chi connectivity index (χ2v) is 9.77. The molecular weight excluding hydrogens is 412 g/mol. The summed E-state index contributed by atoms with van der Waals surface area (Å²) in [6.07, 6.45) is -7.35. The van der Waals surface area contributed by atoms with Crippen molar-refractivity contribution in [3.05, 3.63) is 11.8 Å². The van der Waals surface area contributed by atoms with Gasteiger partial charge in [0.05, 0.1) is 19.5 Å². The van der Waals surface area contributed by atoms with Gasteiger partial charge in [0.15, 0.2) is 6.29 Å². The number of aliphatic hydroxyl groups is 6. The van der Waals surface area contributed by atoms with Crippen molar-refractivity contribution in [2.45, 2.75) is 88.4 Å². The van der Waals surface area contributed by atoms with E-state index in [9.17, 15) is 30.6 Å². The van der Waals surface area contributed by atoms with Gasteiger partial charge in [0.25, 0.3) is 0 Å². The van der Waals surface area contributed by atoms with Gasteiger partial charge in [0.2, 0.25) is 6.29 Å². The summed E-state index contributed by atoms with van der Waals surface area (Å²) >= 11 is 0. The van der Waals surface area contributed by atoms with Gasteiger partial charge >= 0.3 is 0 Å². The summed E-state index contributed by atoms with van der Waals surface area (Å²) in [6, 6.07) is 0. The Balaban J connectivity index is 1.36. The summed E-state index contributed by atoms with van der Waals surface area (Å²) in [5, 5.41) is 60.0. The molecule has 11 atom stereocenters. The number of hydrogen-bond acceptors (Lipinski definition) is 10. The summed E-state index contributed by atoms with van der Waals surface area (Å²) in [4.78, 5) is 0. The molecule has 2 aliphatic heterocycles. The first-order chi connectivity index (χ1) is 14.6. The number of hydrogen-bond donors (Lipinski definition) is 6. The number of allylic oxidation sites excluding steroid dienone is 1. The molecule has 0 aromatic rings. The zero-order valence-electron chi connectivity index (χ0n) is 17.8. The number of fused-ring (bicyclic) bond motifs is 2. The molecule has 2 bridgehead atoms. The molecular formula is C21H34O10. The monoisotopic (exact) mass is 446 g/mol. The Kier molecular flexibility index (Phi) is 6.66. The van der Waals surface area contributed by atoms with Crippen LogP contribution in [-0.4, -0.2) is 99.2 Å². The lowest BCUT2D eigenvalue weighted by atomic mass is 9.47. The van der Waals surface area contributed by atoms with Gasteiger partial charge in [-0.15, -0.1) is 0 Å². The highest BCUT2D eigenvalue weighted by Crippen LogP contribution is 2.61. The van der Waals surface area contributed by atoms with E-state index >= 15 is 0 Å². The molecule has 6 N–H and O–H groups in total. The smallest absolute Gasteiger partial charge is 0.228 e. The van der Waals surface area contributed by atoms with Crippen LogP contribution < -0.4 is 0 Å². The maximum absolute atomic E-state index is 10.3. The molecule has 2 saturated heterocycles. The maximum atomic E-state index is 10.3. The topological polar surface area (TPSA) is 158 Å². The van der Waals surface area contributed by atoms with Crippen molar-refractivity contribution in [1.29, 1.82) is 0 Å². The molecule has 178 valence electrons. The van der Waals surface area contributed by atoms with Crippen LogP contribution >= 0.6 is 0 Å². The molecule has 5 aliphatic rings. The lowest BCUT2D eigenvalue weighted by molar-refractivity contribution is -0.313. The van der Waals surface area contributed by atoms with Gasteiger partial charge in [-0.05, 0) is 42.1 Å². The van der Waals surface area contributed by atoms with Gasteiger partial charge in [-0.25, -0.2) is 0 Å². The fraction of sp³-hybridized carbons (Fsp3) is 0.905. The molecule has 10 heteroatoms. The number of rotatable bonds is 5. The van der Waals surface area contributed by atoms with Crippen LogP contribution in [0.1, 0.15) is 33.1 Å². The van der Waals surface area contributed by atoms with Gasteiger partial charge in [-0.1, -0.05) is 13.8 Å². The molecule has 0 spiro atoms. The van der Waals surface area contributed by atoms with Crippen molar-refractivity contribution in [2.24, 2.45) is 17.3 Å². The minimum atomic E-state index is -1.52. The normalized spacial score (nSPS) is 50.7. The Morgan fingerprint density at radius 2 is 1.68 bits per heavy atom. The highest BCUT2D eigenvalue weighted by atomic mass is 16.7. The van der Waals surface area contributed by atoms with Crippen molar-refractivity contribution >= 4 is 0 Å². The van der Waals surface area contributed by atoms with Gasteiger partial charge in [-0.3, -0.25) is 0 Å². The minimum absolute atomic E-state index is 0.226. The molecule has 0 aromatic heterocycles. The number of ether oxygens (including phenoxy) is 4. The third kappa shape index (κ3) is 4.25. The van der Waals surface area contributed by atoms with E-state index in [2.05, 4.69) is 13.8 Å². The maximum Gasteiger partial charge on any atom is 0.228 e. The quantitative estimate of drug-likeness (QED) is 0.278. The first-order valence-corrected chi connectivity index (χ1v) is 10.9. The van der Waals surface area contributed by atoms with E-state index < -0.39 is 55.3 Å². The van der Waals surface area contributed by atoms with Crippen LogP contribution in [0.2, 0.25) is 0 Å². The van der Waals surface area contributed by atoms with Crippen molar-refractivity contribution in [3.8, 4) is 0 Å². The second kappa shape index (κ2) is 8.85. The highest BCUT2D eigenvalue weighted by molar-refractivity contribution is 5.20. The summed E-state index contributed by atoms with van der Waals surface area (Å²) in [6.45, 7) is 3.96. The van der Waals surface area contributed by atoms with Crippen LogP contribution in [0.15, 0.2) is 11.8 Å². The molecule has 0 amide bonds. The molecule has 3 aliphatic carbocycles. The summed E-state index contributed by atoms with van der Waals surface area (Å²) in [5.41, 5.74) is 1.38. The third-order valence-corrected chi connectivity index (χ3v) is 7.60. The largest absolute Gasteiger partial charge is 0.470 e. The van der Waals surface area contributed by atoms with Crippen LogP contribution in [0.25, 0.3) is 0 Å². The molecule has 3 saturated carbocycles. The number of aliphatic hydroxyl groups excluding tert-OH is 6. The first kappa shape index (κ1) is 23.3. The Morgan fingerprint density at radius 3 is 2.35 bits per heavy atom. The average Bonchev–Trinajstić information content (AvgIpc) is 2.75. The van der Waals surface area contributed by atoms with Crippen molar-refractivity contribution < 1.29 is 49.6 Å². The lowest BCUT2D eigenvalue weighted by Crippen LogP contribution is -2.60. The second-order valence-electron chi connectivity index (χ2n) is 9.77. The predicted octanol–water partition coefficient (Wildman–Crippen LogP) is -1.39. The fourth-order valence-corrected chi connectivity index (χ4v) is 5.23. The van der Waals surface area contributed by atoms with E-state index in [1.54, 1.807) is 6.26 Å². The fourth-order valence-electron chi connectivity index (χ4n) is 5.23. The van der Waals surface area contributed by atoms with E-state index in [1.165, 1.54) is 0 Å². The lowest BCUT2D eigenvalue weighted by Gasteiger charge is -2.57. The Bertz CT molecular complexity index is 667. The first-order valence-electron chi connectivity index (χ1n) is 10.9. The molecule has 31 heavy (non-hydrogen) atoms. The van der Waals surface area contributed by atoms with E-state index in [4.69, 9.17) is 18.9 Å². The van der Waals surface area contributed by atoms with Crippen molar-refractivity contribution in [1.82, 2.24) is 0 Å². The van der Waals surface area contributed by atoms with Crippen LogP contribution in [0.4, 0.5) is 0 Å². The molecule has 0 radical (unpaired) electrons. The van der Waals surface area contributed by atoms with Crippen molar-refractivity contribution in [3.63, 3.8) is 0 Å². The Hall–Kier alpha value is -0.820. The van der Waals surface area contributed by atoms with Crippen molar-refractivity contribution in [2.75, 3.05) is 13.2 Å². The summed E-state index contributed by atoms with van der Waals surface area (Å²) in [5.74, 6) is 1.15. The van der Waals surface area contributed by atoms with Crippen LogP contribution in [-0.2, 0) is 18.9 Å². The molecule has 0 unspecified atom stereocenters. The van der Waals surface area contributed by atoms with E-state index in [0.29, 0.717) is 5.92 Å². The zero-order chi connectivity index (χ0) is 22.5. The Morgan fingerprint density at radius 1 is 0.968 bits per heavy atom. The van der Waals surface area contributed by atoms with E-state index in [1.807, 2.05) is 0 Å². The zero-order valence-corrected chi connectivity index (χ0v) is 17.8. The van der Waals surface area contributed by atoms with E-state index in [-0.39, 0.29) is 18.6 Å². The molecule has 5 fully saturated rings. The molecule has 2 heterocycles. The van der Waals surface area contributed by atoms with Gasteiger partial charge in [-0.2, -0.15) is 0 Å². The van der Waals surface area contributed by atoms with Gasteiger partial charge < -0.3 is 49.6 Å². The highest BCUT2D eigenvalue weighted by Gasteiger charge is 2.52. The predicted molar refractivity (Wildman–Crippen MR) is 104 cm³/mol. The minimum Gasteiger partial charge on any atom is -0.470 e. The van der Waals surface area contributed by atoms with Crippen LogP contribution in [0.3, 0.4) is 0 Å². The van der Waals surface area contributed by atoms with Crippen LogP contribution in [0, 0.1) is 17.3 Å². The SMILES string of the molecule is CC1(C)[C@@H]2CCC(=CO[C@@H]3O[C@H](CO[C@@H]4OC[C@H](O)[C@H](O)[C@H]4O)[C@@H](O)[C@H](O)[C@H]3O)[C@H]1C2. The molecule has 0 aromatic carbocycles. The molecule has 5 rings (SSSR count). The van der Waals surface area contributed by atoms with E-state index in [0.717, 1.165) is 30.8 Å². The van der Waals surface area contributed by atoms with Gasteiger partial charge in [0.1, 0.15) is 42.7 Å². The summed E-state index contributed by atoms with van der Waals surface area (Å²) < 4.78 is 21.9. The third-order valence-electron chi connectivity index (χ3n) is 7.60. The van der Waals surface area contributed by atoms with Gasteiger partial charge in [0, 0.05) is 0 Å². The molecule has 10 nitrogen and oxygen atoms in total.